The van der Waals surface area contributed by atoms with E-state index in [2.05, 4.69) is 30.3 Å². The van der Waals surface area contributed by atoms with Crippen molar-refractivity contribution < 1.29 is 14.6 Å². The van der Waals surface area contributed by atoms with Crippen LogP contribution in [0.1, 0.15) is 29.6 Å². The highest BCUT2D eigenvalue weighted by molar-refractivity contribution is 5.92. The molecule has 5 rings (SSSR count). The molecule has 0 atom stereocenters. The van der Waals surface area contributed by atoms with E-state index in [1.165, 1.54) is 0 Å². The Hall–Kier alpha value is -3.70. The largest absolute Gasteiger partial charge is 0.476 e. The molecule has 184 valence electrons. The van der Waals surface area contributed by atoms with Gasteiger partial charge in [-0.3, -0.25) is 19.7 Å². The minimum absolute atomic E-state index is 0.0153. The normalized spacial score (nSPS) is 15.3. The maximum Gasteiger partial charge on any atom is 0.240 e. The highest BCUT2D eigenvalue weighted by Crippen LogP contribution is 2.34. The van der Waals surface area contributed by atoms with Crippen LogP contribution in [0, 0.1) is 6.92 Å². The standard InChI is InChI=1S/C24H30N8O3/c1-5-34-23-16-6-7-18-17-12-19(25-13-20(17)27-26-18)22-15(2)28-31(4)24(22)35-11-9-30(3)14-21(16)32(29-23)8-10-33/h6-7,12-13,33H,5,8-11,14H2,1-4H3,(H,26,27)/b7-6+. The summed E-state index contributed by atoms with van der Waals surface area (Å²) < 4.78 is 15.7. The van der Waals surface area contributed by atoms with Gasteiger partial charge in [0.15, 0.2) is 0 Å². The number of fused-ring (bicyclic) bond motifs is 4. The van der Waals surface area contributed by atoms with Crippen LogP contribution in [-0.4, -0.2) is 78.2 Å². The van der Waals surface area contributed by atoms with Crippen molar-refractivity contribution in [3.8, 4) is 23.0 Å². The van der Waals surface area contributed by atoms with Gasteiger partial charge in [0.25, 0.3) is 0 Å². The highest BCUT2D eigenvalue weighted by Gasteiger charge is 2.22. The summed E-state index contributed by atoms with van der Waals surface area (Å²) in [6.07, 6.45) is 5.73. The number of aliphatic hydroxyl groups is 1. The topological polar surface area (TPSA) is 119 Å². The number of pyridine rings is 1. The molecule has 0 saturated heterocycles. The summed E-state index contributed by atoms with van der Waals surface area (Å²) in [5.74, 6) is 1.22. The van der Waals surface area contributed by atoms with Crippen LogP contribution in [0.4, 0.5) is 0 Å². The second-order valence-corrected chi connectivity index (χ2v) is 8.58. The molecule has 4 aromatic heterocycles. The molecule has 0 spiro atoms. The average Bonchev–Trinajstić information content (AvgIpc) is 3.46. The molecule has 0 radical (unpaired) electrons. The number of aliphatic hydroxyl groups excluding tert-OH is 1. The molecular formula is C24H30N8O3. The van der Waals surface area contributed by atoms with E-state index >= 15 is 0 Å². The molecule has 0 aliphatic carbocycles. The fourth-order valence-electron chi connectivity index (χ4n) is 4.44. The second-order valence-electron chi connectivity index (χ2n) is 8.58. The highest BCUT2D eigenvalue weighted by atomic mass is 16.5. The lowest BCUT2D eigenvalue weighted by molar-refractivity contribution is 0.215. The molecule has 0 fully saturated rings. The SMILES string of the molecule is CCOc1nn(CCO)c2c1/C=C/c1n[nH]c3cnc(cc13)-c1c(C)nn(C)c1OCCN(C)C2. The molecule has 5 heterocycles. The predicted octanol–water partition coefficient (Wildman–Crippen LogP) is 2.25. The summed E-state index contributed by atoms with van der Waals surface area (Å²) >= 11 is 0. The number of aryl methyl sites for hydroxylation is 2. The number of nitrogens with one attached hydrogen (secondary N) is 1. The molecule has 11 heteroatoms. The first-order chi connectivity index (χ1) is 17.0. The Morgan fingerprint density at radius 1 is 1.23 bits per heavy atom. The minimum Gasteiger partial charge on any atom is -0.476 e. The first kappa shape index (κ1) is 23.1. The molecule has 2 bridgehead atoms. The number of aromatic nitrogens is 7. The van der Waals surface area contributed by atoms with Gasteiger partial charge in [-0.2, -0.15) is 10.2 Å². The van der Waals surface area contributed by atoms with Crippen LogP contribution >= 0.6 is 0 Å². The number of hydrogen-bond acceptors (Lipinski definition) is 8. The summed E-state index contributed by atoms with van der Waals surface area (Å²) in [5.41, 5.74) is 5.95. The van der Waals surface area contributed by atoms with E-state index in [1.807, 2.05) is 50.8 Å². The summed E-state index contributed by atoms with van der Waals surface area (Å²) in [6, 6.07) is 2.01. The number of aromatic amines is 1. The number of likely N-dealkylation sites (N-methyl/N-ethyl adjacent to an activating group) is 1. The summed E-state index contributed by atoms with van der Waals surface area (Å²) in [7, 11) is 3.91. The summed E-state index contributed by atoms with van der Waals surface area (Å²) in [4.78, 5) is 6.82. The maximum absolute atomic E-state index is 9.63. The van der Waals surface area contributed by atoms with Crippen molar-refractivity contribution in [3.63, 3.8) is 0 Å². The van der Waals surface area contributed by atoms with Crippen LogP contribution in [-0.2, 0) is 20.1 Å². The second kappa shape index (κ2) is 9.51. The lowest BCUT2D eigenvalue weighted by Crippen LogP contribution is -2.26. The van der Waals surface area contributed by atoms with E-state index in [4.69, 9.17) is 9.47 Å². The molecule has 0 unspecified atom stereocenters. The Kier molecular flexibility index (Phi) is 6.27. The molecule has 1 aliphatic rings. The Morgan fingerprint density at radius 3 is 2.89 bits per heavy atom. The van der Waals surface area contributed by atoms with Crippen molar-refractivity contribution >= 4 is 23.1 Å². The minimum atomic E-state index is -0.0153. The quantitative estimate of drug-likeness (QED) is 0.458. The van der Waals surface area contributed by atoms with Gasteiger partial charge in [-0.1, -0.05) is 0 Å². The first-order valence-corrected chi connectivity index (χ1v) is 11.7. The Morgan fingerprint density at radius 2 is 2.09 bits per heavy atom. The zero-order valence-electron chi connectivity index (χ0n) is 20.4. The van der Waals surface area contributed by atoms with Crippen LogP contribution in [0.25, 0.3) is 34.3 Å². The molecule has 4 aromatic rings. The fourth-order valence-corrected chi connectivity index (χ4v) is 4.44. The van der Waals surface area contributed by atoms with Crippen LogP contribution in [0.5, 0.6) is 11.8 Å². The molecule has 35 heavy (non-hydrogen) atoms. The Labute approximate surface area is 203 Å². The number of ether oxygens (including phenoxy) is 2. The van der Waals surface area contributed by atoms with E-state index in [0.29, 0.717) is 44.6 Å². The van der Waals surface area contributed by atoms with Gasteiger partial charge in [0.2, 0.25) is 11.8 Å². The van der Waals surface area contributed by atoms with E-state index in [0.717, 1.165) is 44.8 Å². The van der Waals surface area contributed by atoms with Crippen LogP contribution in [0.15, 0.2) is 12.3 Å². The fraction of sp³-hybridized carbons (Fsp3) is 0.417. The van der Waals surface area contributed by atoms with Gasteiger partial charge in [0.05, 0.1) is 65.4 Å². The van der Waals surface area contributed by atoms with E-state index < -0.39 is 0 Å². The molecule has 11 nitrogen and oxygen atoms in total. The summed E-state index contributed by atoms with van der Waals surface area (Å²) in [5, 5.41) is 27.4. The number of hydrogen-bond donors (Lipinski definition) is 2. The lowest BCUT2D eigenvalue weighted by Gasteiger charge is -2.18. The molecule has 0 saturated carbocycles. The van der Waals surface area contributed by atoms with Crippen molar-refractivity contribution in [2.24, 2.45) is 7.05 Å². The van der Waals surface area contributed by atoms with Gasteiger partial charge < -0.3 is 14.6 Å². The van der Waals surface area contributed by atoms with Gasteiger partial charge >= 0.3 is 0 Å². The molecule has 1 aliphatic heterocycles. The van der Waals surface area contributed by atoms with E-state index in [1.54, 1.807) is 10.9 Å². The molecule has 0 aromatic carbocycles. The monoisotopic (exact) mass is 478 g/mol. The first-order valence-electron chi connectivity index (χ1n) is 11.7. The van der Waals surface area contributed by atoms with Crippen molar-refractivity contribution in [1.82, 2.24) is 39.6 Å². The Balaban J connectivity index is 1.68. The smallest absolute Gasteiger partial charge is 0.240 e. The zero-order valence-corrected chi connectivity index (χ0v) is 20.4. The maximum atomic E-state index is 9.63. The summed E-state index contributed by atoms with van der Waals surface area (Å²) in [6.45, 7) is 6.50. The van der Waals surface area contributed by atoms with Crippen molar-refractivity contribution in [3.05, 3.63) is 34.9 Å². The number of nitrogens with zero attached hydrogens (tertiary/aromatic N) is 7. The van der Waals surface area contributed by atoms with Crippen LogP contribution in [0.3, 0.4) is 0 Å². The van der Waals surface area contributed by atoms with Crippen LogP contribution in [0.2, 0.25) is 0 Å². The van der Waals surface area contributed by atoms with Crippen molar-refractivity contribution in [2.45, 2.75) is 26.9 Å². The third-order valence-corrected chi connectivity index (χ3v) is 6.10. The van der Waals surface area contributed by atoms with E-state index in [9.17, 15) is 5.11 Å². The van der Waals surface area contributed by atoms with E-state index in [-0.39, 0.29) is 6.61 Å². The Bertz CT molecular complexity index is 1380. The average molecular weight is 479 g/mol. The van der Waals surface area contributed by atoms with Crippen molar-refractivity contribution in [1.29, 1.82) is 0 Å². The molecule has 2 N–H and O–H groups in total. The van der Waals surface area contributed by atoms with Gasteiger partial charge in [-0.25, -0.2) is 4.68 Å². The predicted molar refractivity (Wildman–Crippen MR) is 132 cm³/mol. The lowest BCUT2D eigenvalue weighted by atomic mass is 10.1. The van der Waals surface area contributed by atoms with Crippen LogP contribution < -0.4 is 9.47 Å². The van der Waals surface area contributed by atoms with Gasteiger partial charge in [0, 0.05) is 25.5 Å². The number of H-pyrrole nitrogens is 1. The number of rotatable bonds is 4. The molecule has 0 amide bonds. The molecular weight excluding hydrogens is 448 g/mol. The third kappa shape index (κ3) is 4.28. The van der Waals surface area contributed by atoms with Gasteiger partial charge in [-0.05, 0) is 39.1 Å². The third-order valence-electron chi connectivity index (χ3n) is 6.10. The zero-order chi connectivity index (χ0) is 24.5. The van der Waals surface area contributed by atoms with Gasteiger partial charge in [-0.15, -0.1) is 5.10 Å². The van der Waals surface area contributed by atoms with Crippen molar-refractivity contribution in [2.75, 3.05) is 33.4 Å². The van der Waals surface area contributed by atoms with Gasteiger partial charge in [0.1, 0.15) is 6.61 Å².